The van der Waals surface area contributed by atoms with Crippen molar-refractivity contribution in [1.82, 2.24) is 0 Å². The van der Waals surface area contributed by atoms with Crippen molar-refractivity contribution < 1.29 is 19.4 Å². The van der Waals surface area contributed by atoms with E-state index < -0.39 is 17.3 Å². The molecule has 1 aromatic rings. The molecule has 1 aliphatic carbocycles. The predicted octanol–water partition coefficient (Wildman–Crippen LogP) is 3.64. The summed E-state index contributed by atoms with van der Waals surface area (Å²) in [6.07, 6.45) is 0.656. The van der Waals surface area contributed by atoms with E-state index >= 15 is 0 Å². The highest BCUT2D eigenvalue weighted by atomic mass is 16.5. The molecule has 1 N–H and O–H groups in total. The van der Waals surface area contributed by atoms with Crippen LogP contribution in [-0.4, -0.2) is 29.7 Å². The molecule has 0 aliphatic heterocycles. The molecule has 2 rings (SSSR count). The van der Waals surface area contributed by atoms with Crippen LogP contribution in [0.5, 0.6) is 0 Å². The SMILES string of the molecule is CCC(=NCc1ccccc1)C1=C(O)[C@H](C(=O)OC)C(C)(C)CC1=O. The van der Waals surface area contributed by atoms with E-state index in [-0.39, 0.29) is 23.5 Å². The van der Waals surface area contributed by atoms with Crippen molar-refractivity contribution in [2.24, 2.45) is 16.3 Å². The lowest BCUT2D eigenvalue weighted by Gasteiger charge is -2.36. The van der Waals surface area contributed by atoms with Crippen LogP contribution in [0.4, 0.5) is 0 Å². The lowest BCUT2D eigenvalue weighted by atomic mass is 9.67. The van der Waals surface area contributed by atoms with Crippen LogP contribution < -0.4 is 0 Å². The number of aliphatic hydroxyl groups excluding tert-OH is 1. The van der Waals surface area contributed by atoms with Gasteiger partial charge in [0, 0.05) is 12.1 Å². The number of hydrogen-bond donors (Lipinski definition) is 1. The van der Waals surface area contributed by atoms with E-state index in [0.717, 1.165) is 5.56 Å². The van der Waals surface area contributed by atoms with Crippen molar-refractivity contribution in [2.45, 2.75) is 40.2 Å². The molecule has 0 fully saturated rings. The number of esters is 1. The van der Waals surface area contributed by atoms with Gasteiger partial charge in [-0.15, -0.1) is 0 Å². The van der Waals surface area contributed by atoms with Crippen molar-refractivity contribution in [3.63, 3.8) is 0 Å². The number of nitrogens with zero attached hydrogens (tertiary/aromatic N) is 1. The van der Waals surface area contributed by atoms with Gasteiger partial charge in [0.2, 0.25) is 0 Å². The van der Waals surface area contributed by atoms with E-state index in [2.05, 4.69) is 4.99 Å². The third-order valence-corrected chi connectivity index (χ3v) is 4.56. The minimum absolute atomic E-state index is 0.163. The number of ketones is 1. The van der Waals surface area contributed by atoms with Crippen molar-refractivity contribution in [3.05, 3.63) is 47.2 Å². The summed E-state index contributed by atoms with van der Waals surface area (Å²) in [5.41, 5.74) is 1.02. The van der Waals surface area contributed by atoms with Crippen LogP contribution in [0.15, 0.2) is 46.7 Å². The summed E-state index contributed by atoms with van der Waals surface area (Å²) in [4.78, 5) is 29.3. The Morgan fingerprint density at radius 1 is 1.32 bits per heavy atom. The average Bonchev–Trinajstić information content (AvgIpc) is 2.57. The summed E-state index contributed by atoms with van der Waals surface area (Å²) in [5, 5.41) is 10.7. The maximum absolute atomic E-state index is 12.6. The number of ether oxygens (including phenoxy) is 1. The Bertz CT molecular complexity index is 716. The molecule has 0 unspecified atom stereocenters. The number of aliphatic imine (C=N–C) groups is 1. The molecule has 0 radical (unpaired) electrons. The van der Waals surface area contributed by atoms with Gasteiger partial charge >= 0.3 is 5.97 Å². The molecule has 1 aromatic carbocycles. The first-order chi connectivity index (χ1) is 11.8. The first kappa shape index (κ1) is 18.9. The fourth-order valence-corrected chi connectivity index (χ4v) is 3.26. The molecule has 0 bridgehead atoms. The Kier molecular flexibility index (Phi) is 5.77. The topological polar surface area (TPSA) is 76.0 Å². The standard InChI is InChI=1S/C20H25NO4/c1-5-14(21-12-13-9-7-6-8-10-13)16-15(22)11-20(2,3)17(18(16)23)19(24)25-4/h6-10,17,23H,5,11-12H2,1-4H3/t17-/m1/s1. The summed E-state index contributed by atoms with van der Waals surface area (Å²) < 4.78 is 4.84. The summed E-state index contributed by atoms with van der Waals surface area (Å²) in [5.74, 6) is -1.80. The molecule has 1 atom stereocenters. The minimum atomic E-state index is -0.862. The van der Waals surface area contributed by atoms with Gasteiger partial charge in [0.25, 0.3) is 0 Å². The number of carbonyl (C=O) groups excluding carboxylic acids is 2. The van der Waals surface area contributed by atoms with Gasteiger partial charge in [-0.25, -0.2) is 0 Å². The second-order valence-corrected chi connectivity index (χ2v) is 6.91. The molecule has 25 heavy (non-hydrogen) atoms. The van der Waals surface area contributed by atoms with Crippen LogP contribution in [0.25, 0.3) is 0 Å². The number of benzene rings is 1. The van der Waals surface area contributed by atoms with Crippen LogP contribution >= 0.6 is 0 Å². The Morgan fingerprint density at radius 2 is 1.96 bits per heavy atom. The molecule has 0 heterocycles. The van der Waals surface area contributed by atoms with E-state index in [1.807, 2.05) is 37.3 Å². The van der Waals surface area contributed by atoms with Crippen LogP contribution in [0.1, 0.15) is 39.2 Å². The first-order valence-corrected chi connectivity index (χ1v) is 8.43. The van der Waals surface area contributed by atoms with Crippen LogP contribution in [0.2, 0.25) is 0 Å². The fourth-order valence-electron chi connectivity index (χ4n) is 3.26. The molecular weight excluding hydrogens is 318 g/mol. The normalized spacial score (nSPS) is 20.6. The number of methoxy groups -OCH3 is 1. The Hall–Kier alpha value is -2.43. The average molecular weight is 343 g/mol. The highest BCUT2D eigenvalue weighted by Gasteiger charge is 2.47. The minimum Gasteiger partial charge on any atom is -0.511 e. The Labute approximate surface area is 148 Å². The molecule has 0 saturated carbocycles. The number of aliphatic hydroxyl groups is 1. The van der Waals surface area contributed by atoms with E-state index in [0.29, 0.717) is 18.7 Å². The van der Waals surface area contributed by atoms with Crippen LogP contribution in [-0.2, 0) is 20.9 Å². The van der Waals surface area contributed by atoms with Gasteiger partial charge in [-0.05, 0) is 17.4 Å². The van der Waals surface area contributed by atoms with Crippen molar-refractivity contribution in [2.75, 3.05) is 7.11 Å². The molecule has 0 saturated heterocycles. The van der Waals surface area contributed by atoms with Crippen LogP contribution in [0, 0.1) is 11.3 Å². The molecule has 134 valence electrons. The molecule has 0 spiro atoms. The van der Waals surface area contributed by atoms with Gasteiger partial charge < -0.3 is 9.84 Å². The third-order valence-electron chi connectivity index (χ3n) is 4.56. The number of carbonyl (C=O) groups is 2. The van der Waals surface area contributed by atoms with Gasteiger partial charge in [0.15, 0.2) is 5.78 Å². The van der Waals surface area contributed by atoms with Crippen molar-refractivity contribution in [3.8, 4) is 0 Å². The predicted molar refractivity (Wildman–Crippen MR) is 96.4 cm³/mol. The summed E-state index contributed by atoms with van der Waals surface area (Å²) in [6, 6.07) is 9.68. The fraction of sp³-hybridized carbons (Fsp3) is 0.450. The molecule has 5 nitrogen and oxygen atoms in total. The highest BCUT2D eigenvalue weighted by Crippen LogP contribution is 2.42. The summed E-state index contributed by atoms with van der Waals surface area (Å²) in [7, 11) is 1.28. The van der Waals surface area contributed by atoms with E-state index in [1.165, 1.54) is 7.11 Å². The smallest absolute Gasteiger partial charge is 0.316 e. The van der Waals surface area contributed by atoms with Gasteiger partial charge in [-0.3, -0.25) is 14.6 Å². The zero-order chi connectivity index (χ0) is 18.6. The highest BCUT2D eigenvalue weighted by molar-refractivity contribution is 6.23. The number of hydrogen-bond acceptors (Lipinski definition) is 5. The molecule has 0 aromatic heterocycles. The summed E-state index contributed by atoms with van der Waals surface area (Å²) in [6.45, 7) is 5.86. The number of allylic oxidation sites excluding steroid dienone is 1. The van der Waals surface area contributed by atoms with E-state index in [1.54, 1.807) is 13.8 Å². The number of Topliss-reactive ketones (excluding diaryl/α,β-unsaturated/α-hetero) is 1. The monoisotopic (exact) mass is 343 g/mol. The molecule has 5 heteroatoms. The lowest BCUT2D eigenvalue weighted by molar-refractivity contribution is -0.150. The van der Waals surface area contributed by atoms with Gasteiger partial charge in [0.1, 0.15) is 11.7 Å². The second kappa shape index (κ2) is 7.64. The van der Waals surface area contributed by atoms with Crippen molar-refractivity contribution in [1.29, 1.82) is 0 Å². The van der Waals surface area contributed by atoms with E-state index in [9.17, 15) is 14.7 Å². The van der Waals surface area contributed by atoms with Crippen molar-refractivity contribution >= 4 is 17.5 Å². The quantitative estimate of drug-likeness (QED) is 0.654. The van der Waals surface area contributed by atoms with E-state index in [4.69, 9.17) is 4.74 Å². The maximum Gasteiger partial charge on any atom is 0.316 e. The Balaban J connectivity index is 2.44. The molecular formula is C20H25NO4. The zero-order valence-electron chi connectivity index (χ0n) is 15.2. The van der Waals surface area contributed by atoms with Gasteiger partial charge in [0.05, 0.1) is 19.2 Å². The largest absolute Gasteiger partial charge is 0.511 e. The van der Waals surface area contributed by atoms with Crippen LogP contribution in [0.3, 0.4) is 0 Å². The number of rotatable bonds is 5. The lowest BCUT2D eigenvalue weighted by Crippen LogP contribution is -2.41. The zero-order valence-corrected chi connectivity index (χ0v) is 15.2. The Morgan fingerprint density at radius 3 is 2.52 bits per heavy atom. The third kappa shape index (κ3) is 3.98. The molecule has 1 aliphatic rings. The van der Waals surface area contributed by atoms with Gasteiger partial charge in [-0.1, -0.05) is 51.1 Å². The summed E-state index contributed by atoms with van der Waals surface area (Å²) >= 11 is 0. The maximum atomic E-state index is 12.6. The molecule has 0 amide bonds. The first-order valence-electron chi connectivity index (χ1n) is 8.43. The second-order valence-electron chi connectivity index (χ2n) is 6.91. The van der Waals surface area contributed by atoms with Gasteiger partial charge in [-0.2, -0.15) is 0 Å².